The Balaban J connectivity index is 1.45. The molecule has 3 heterocycles. The average Bonchev–Trinajstić information content (AvgIpc) is 3.44. The van der Waals surface area contributed by atoms with Gasteiger partial charge in [0.1, 0.15) is 11.6 Å². The van der Waals surface area contributed by atoms with Gasteiger partial charge in [-0.3, -0.25) is 0 Å². The zero-order valence-electron chi connectivity index (χ0n) is 15.5. The Labute approximate surface area is 167 Å². The van der Waals surface area contributed by atoms with Crippen molar-refractivity contribution in [3.05, 3.63) is 78.8 Å². The molecule has 0 amide bonds. The van der Waals surface area contributed by atoms with Crippen LogP contribution in [0.5, 0.6) is 11.5 Å². The number of aromatic nitrogens is 2. The van der Waals surface area contributed by atoms with E-state index < -0.39 is 0 Å². The largest absolute Gasteiger partial charge is 0.467 e. The van der Waals surface area contributed by atoms with Gasteiger partial charge in [0.15, 0.2) is 11.5 Å². The van der Waals surface area contributed by atoms with Crippen LogP contribution in [-0.2, 0) is 6.54 Å². The second kappa shape index (κ2) is 7.55. The number of nitrogens with one attached hydrogen (secondary N) is 2. The minimum Gasteiger partial charge on any atom is -0.467 e. The van der Waals surface area contributed by atoms with Crippen molar-refractivity contribution < 1.29 is 13.9 Å². The molecule has 29 heavy (non-hydrogen) atoms. The van der Waals surface area contributed by atoms with Gasteiger partial charge in [-0.15, -0.1) is 0 Å². The van der Waals surface area contributed by atoms with Crippen LogP contribution in [0.15, 0.2) is 77.4 Å². The van der Waals surface area contributed by atoms with Crippen molar-refractivity contribution in [2.75, 3.05) is 17.4 Å². The molecule has 0 saturated carbocycles. The summed E-state index contributed by atoms with van der Waals surface area (Å²) in [6.07, 6.45) is 1.65. The number of benzene rings is 2. The monoisotopic (exact) mass is 386 g/mol. The summed E-state index contributed by atoms with van der Waals surface area (Å²) in [5, 5.41) is 6.55. The van der Waals surface area contributed by atoms with E-state index in [9.17, 15) is 0 Å². The van der Waals surface area contributed by atoms with Crippen LogP contribution in [0.2, 0.25) is 0 Å². The molecule has 4 aromatic rings. The van der Waals surface area contributed by atoms with Crippen molar-refractivity contribution in [2.45, 2.75) is 6.54 Å². The van der Waals surface area contributed by atoms with E-state index in [-0.39, 0.29) is 6.79 Å². The Hall–Kier alpha value is -4.00. The minimum atomic E-state index is 0.236. The smallest absolute Gasteiger partial charge is 0.231 e. The van der Waals surface area contributed by atoms with Crippen molar-refractivity contribution in [1.29, 1.82) is 0 Å². The standard InChI is InChI=1S/C22H18N4O3/c1-2-5-15(6-3-1)18-12-21(23-13-17-7-4-10-27-17)26-22(25-18)24-16-8-9-19-20(11-16)29-14-28-19/h1-12H,13-14H2,(H2,23,24,25,26). The van der Waals surface area contributed by atoms with Gasteiger partial charge in [0.05, 0.1) is 18.5 Å². The molecule has 0 unspecified atom stereocenters. The van der Waals surface area contributed by atoms with Gasteiger partial charge < -0.3 is 24.5 Å². The Morgan fingerprint density at radius 3 is 2.62 bits per heavy atom. The molecule has 2 aromatic heterocycles. The fraction of sp³-hybridized carbons (Fsp3) is 0.0909. The van der Waals surface area contributed by atoms with E-state index in [2.05, 4.69) is 20.6 Å². The maximum Gasteiger partial charge on any atom is 0.231 e. The lowest BCUT2D eigenvalue weighted by atomic mass is 10.1. The normalized spacial score (nSPS) is 12.0. The fourth-order valence-corrected chi connectivity index (χ4v) is 3.04. The molecule has 2 aromatic carbocycles. The summed E-state index contributed by atoms with van der Waals surface area (Å²) in [5.74, 6) is 3.43. The predicted octanol–water partition coefficient (Wildman–Crippen LogP) is 4.82. The fourth-order valence-electron chi connectivity index (χ4n) is 3.04. The molecular formula is C22H18N4O3. The van der Waals surface area contributed by atoms with Gasteiger partial charge >= 0.3 is 0 Å². The summed E-state index contributed by atoms with van der Waals surface area (Å²) in [6.45, 7) is 0.765. The molecule has 0 radical (unpaired) electrons. The SMILES string of the molecule is c1ccc(-c2cc(NCc3ccco3)nc(Nc3ccc4c(c3)OCO4)n2)cc1. The summed E-state index contributed by atoms with van der Waals surface area (Å²) in [5.41, 5.74) is 2.63. The van der Waals surface area contributed by atoms with Gasteiger partial charge in [-0.25, -0.2) is 4.98 Å². The van der Waals surface area contributed by atoms with Gasteiger partial charge in [-0.1, -0.05) is 30.3 Å². The zero-order chi connectivity index (χ0) is 19.5. The number of nitrogens with zero attached hydrogens (tertiary/aromatic N) is 2. The third kappa shape index (κ3) is 3.84. The van der Waals surface area contributed by atoms with Crippen LogP contribution in [0.1, 0.15) is 5.76 Å². The molecule has 2 N–H and O–H groups in total. The molecule has 0 aliphatic carbocycles. The second-order valence-electron chi connectivity index (χ2n) is 6.45. The molecule has 0 spiro atoms. The number of fused-ring (bicyclic) bond motifs is 1. The summed E-state index contributed by atoms with van der Waals surface area (Å²) in [6, 6.07) is 21.3. The van der Waals surface area contributed by atoms with E-state index in [1.54, 1.807) is 6.26 Å². The Kier molecular flexibility index (Phi) is 4.46. The third-order valence-electron chi connectivity index (χ3n) is 4.45. The van der Waals surface area contributed by atoms with Crippen molar-refractivity contribution in [1.82, 2.24) is 9.97 Å². The number of hydrogen-bond acceptors (Lipinski definition) is 7. The predicted molar refractivity (Wildman–Crippen MR) is 109 cm³/mol. The zero-order valence-corrected chi connectivity index (χ0v) is 15.5. The van der Waals surface area contributed by atoms with Crippen LogP contribution in [-0.4, -0.2) is 16.8 Å². The van der Waals surface area contributed by atoms with Crippen molar-refractivity contribution >= 4 is 17.5 Å². The van der Waals surface area contributed by atoms with Gasteiger partial charge in [-0.05, 0) is 24.3 Å². The van der Waals surface area contributed by atoms with Gasteiger partial charge in [0.25, 0.3) is 0 Å². The maximum atomic E-state index is 5.45. The molecule has 5 rings (SSSR count). The summed E-state index contributed by atoms with van der Waals surface area (Å²) in [7, 11) is 0. The van der Waals surface area contributed by atoms with Crippen LogP contribution in [0, 0.1) is 0 Å². The van der Waals surface area contributed by atoms with Crippen LogP contribution < -0.4 is 20.1 Å². The van der Waals surface area contributed by atoms with E-state index in [0.717, 1.165) is 28.5 Å². The van der Waals surface area contributed by atoms with E-state index in [1.165, 1.54) is 0 Å². The van der Waals surface area contributed by atoms with E-state index >= 15 is 0 Å². The lowest BCUT2D eigenvalue weighted by Gasteiger charge is -2.11. The highest BCUT2D eigenvalue weighted by molar-refractivity contribution is 5.67. The molecule has 0 bridgehead atoms. The molecule has 0 atom stereocenters. The highest BCUT2D eigenvalue weighted by Gasteiger charge is 2.14. The Bertz CT molecular complexity index is 1110. The first-order valence-corrected chi connectivity index (χ1v) is 9.21. The highest BCUT2D eigenvalue weighted by Crippen LogP contribution is 2.35. The van der Waals surface area contributed by atoms with Gasteiger partial charge in [0, 0.05) is 23.4 Å². The molecular weight excluding hydrogens is 368 g/mol. The lowest BCUT2D eigenvalue weighted by molar-refractivity contribution is 0.174. The van der Waals surface area contributed by atoms with Crippen molar-refractivity contribution in [2.24, 2.45) is 0 Å². The molecule has 1 aliphatic heterocycles. The molecule has 1 aliphatic rings. The van der Waals surface area contributed by atoms with Crippen molar-refractivity contribution in [3.8, 4) is 22.8 Å². The Morgan fingerprint density at radius 2 is 1.76 bits per heavy atom. The minimum absolute atomic E-state index is 0.236. The molecule has 0 fully saturated rings. The molecule has 144 valence electrons. The highest BCUT2D eigenvalue weighted by atomic mass is 16.7. The van der Waals surface area contributed by atoms with E-state index in [0.29, 0.717) is 24.1 Å². The number of hydrogen-bond donors (Lipinski definition) is 2. The second-order valence-corrected chi connectivity index (χ2v) is 6.45. The summed E-state index contributed by atoms with van der Waals surface area (Å²) >= 11 is 0. The third-order valence-corrected chi connectivity index (χ3v) is 4.45. The van der Waals surface area contributed by atoms with Gasteiger partial charge in [0.2, 0.25) is 12.7 Å². The number of rotatable bonds is 6. The van der Waals surface area contributed by atoms with E-state index in [1.807, 2.05) is 66.7 Å². The number of anilines is 3. The van der Waals surface area contributed by atoms with Crippen LogP contribution in [0.4, 0.5) is 17.5 Å². The van der Waals surface area contributed by atoms with E-state index in [4.69, 9.17) is 13.9 Å². The molecule has 7 heteroatoms. The first-order valence-electron chi connectivity index (χ1n) is 9.21. The first kappa shape index (κ1) is 17.1. The topological polar surface area (TPSA) is 81.4 Å². The van der Waals surface area contributed by atoms with Crippen LogP contribution in [0.25, 0.3) is 11.3 Å². The van der Waals surface area contributed by atoms with Gasteiger partial charge in [-0.2, -0.15) is 4.98 Å². The summed E-state index contributed by atoms with van der Waals surface area (Å²) in [4.78, 5) is 9.28. The molecule has 7 nitrogen and oxygen atoms in total. The Morgan fingerprint density at radius 1 is 0.862 bits per heavy atom. The maximum absolute atomic E-state index is 5.45. The van der Waals surface area contributed by atoms with Crippen LogP contribution >= 0.6 is 0 Å². The lowest BCUT2D eigenvalue weighted by Crippen LogP contribution is -2.05. The number of ether oxygens (including phenoxy) is 2. The quantitative estimate of drug-likeness (QED) is 0.492. The van der Waals surface area contributed by atoms with Crippen LogP contribution in [0.3, 0.4) is 0 Å². The number of furan rings is 1. The summed E-state index contributed by atoms with van der Waals surface area (Å²) < 4.78 is 16.2. The molecule has 0 saturated heterocycles. The van der Waals surface area contributed by atoms with Crippen molar-refractivity contribution in [3.63, 3.8) is 0 Å². The average molecular weight is 386 g/mol. The first-order chi connectivity index (χ1) is 14.3.